The SMILES string of the molecule is C#CC[N+]1(C)CCCC1CO. The molecular formula is C9H16NO+. The van der Waals surface area contributed by atoms with Gasteiger partial charge in [0.05, 0.1) is 20.2 Å². The molecule has 1 aliphatic heterocycles. The van der Waals surface area contributed by atoms with Gasteiger partial charge >= 0.3 is 0 Å². The van der Waals surface area contributed by atoms with Crippen LogP contribution in [0.4, 0.5) is 0 Å². The van der Waals surface area contributed by atoms with E-state index in [0.717, 1.165) is 24.0 Å². The van der Waals surface area contributed by atoms with E-state index in [9.17, 15) is 0 Å². The van der Waals surface area contributed by atoms with Crippen molar-refractivity contribution < 1.29 is 9.59 Å². The molecule has 1 saturated heterocycles. The van der Waals surface area contributed by atoms with E-state index in [1.54, 1.807) is 0 Å². The van der Waals surface area contributed by atoms with Crippen molar-refractivity contribution in [3.05, 3.63) is 0 Å². The van der Waals surface area contributed by atoms with Crippen LogP contribution in [0.1, 0.15) is 12.8 Å². The van der Waals surface area contributed by atoms with Crippen LogP contribution in [0.15, 0.2) is 0 Å². The average Bonchev–Trinajstić information content (AvgIpc) is 2.31. The molecule has 0 aliphatic carbocycles. The van der Waals surface area contributed by atoms with Gasteiger partial charge in [-0.3, -0.25) is 0 Å². The minimum absolute atomic E-state index is 0.276. The standard InChI is InChI=1S/C9H16NO/c1-3-6-10(2)7-4-5-9(10)8-11/h1,9,11H,4-8H2,2H3/q+1. The van der Waals surface area contributed by atoms with Crippen molar-refractivity contribution in [2.45, 2.75) is 18.9 Å². The van der Waals surface area contributed by atoms with Crippen LogP contribution in [0, 0.1) is 12.3 Å². The maximum atomic E-state index is 9.04. The van der Waals surface area contributed by atoms with Gasteiger partial charge in [0.15, 0.2) is 0 Å². The molecule has 2 unspecified atom stereocenters. The number of nitrogens with zero attached hydrogens (tertiary/aromatic N) is 1. The molecule has 1 heterocycles. The molecule has 0 amide bonds. The molecule has 2 atom stereocenters. The average molecular weight is 154 g/mol. The van der Waals surface area contributed by atoms with E-state index in [0.29, 0.717) is 6.04 Å². The molecule has 0 bridgehead atoms. The number of hydrogen-bond donors (Lipinski definition) is 1. The van der Waals surface area contributed by atoms with Crippen molar-refractivity contribution >= 4 is 0 Å². The topological polar surface area (TPSA) is 20.2 Å². The molecule has 1 fully saturated rings. The molecular weight excluding hydrogens is 138 g/mol. The van der Waals surface area contributed by atoms with Crippen LogP contribution in [-0.4, -0.2) is 42.4 Å². The van der Waals surface area contributed by atoms with Crippen LogP contribution in [0.3, 0.4) is 0 Å². The maximum Gasteiger partial charge on any atom is 0.140 e. The van der Waals surface area contributed by atoms with Crippen molar-refractivity contribution in [1.82, 2.24) is 0 Å². The van der Waals surface area contributed by atoms with Crippen LogP contribution in [-0.2, 0) is 0 Å². The second-order valence-electron chi connectivity index (χ2n) is 3.54. The summed E-state index contributed by atoms with van der Waals surface area (Å²) in [6, 6.07) is 0.381. The Morgan fingerprint density at radius 1 is 1.73 bits per heavy atom. The second-order valence-corrected chi connectivity index (χ2v) is 3.54. The number of rotatable bonds is 2. The number of aliphatic hydroxyl groups excluding tert-OH is 1. The summed E-state index contributed by atoms with van der Waals surface area (Å²) < 4.78 is 0.868. The van der Waals surface area contributed by atoms with Crippen LogP contribution >= 0.6 is 0 Å². The first-order valence-corrected chi connectivity index (χ1v) is 4.11. The third-order valence-electron chi connectivity index (χ3n) is 2.75. The largest absolute Gasteiger partial charge is 0.390 e. The first-order chi connectivity index (χ1) is 5.23. The van der Waals surface area contributed by atoms with Gasteiger partial charge in [-0.2, -0.15) is 0 Å². The molecule has 0 saturated carbocycles. The van der Waals surface area contributed by atoms with E-state index in [1.165, 1.54) is 6.42 Å². The van der Waals surface area contributed by atoms with E-state index in [-0.39, 0.29) is 6.61 Å². The Bertz CT molecular complexity index is 173. The number of quaternary nitrogens is 1. The highest BCUT2D eigenvalue weighted by Crippen LogP contribution is 2.23. The van der Waals surface area contributed by atoms with Gasteiger partial charge < -0.3 is 9.59 Å². The zero-order chi connectivity index (χ0) is 8.32. The zero-order valence-electron chi connectivity index (χ0n) is 7.08. The zero-order valence-corrected chi connectivity index (χ0v) is 7.08. The van der Waals surface area contributed by atoms with Crippen molar-refractivity contribution in [2.24, 2.45) is 0 Å². The Morgan fingerprint density at radius 3 is 3.00 bits per heavy atom. The number of terminal acetylenes is 1. The second kappa shape index (κ2) is 3.25. The molecule has 1 aliphatic rings. The van der Waals surface area contributed by atoms with Crippen LogP contribution in [0.2, 0.25) is 0 Å². The fourth-order valence-electron chi connectivity index (χ4n) is 1.89. The Morgan fingerprint density at radius 2 is 2.45 bits per heavy atom. The summed E-state index contributed by atoms with van der Waals surface area (Å²) in [6.07, 6.45) is 7.58. The lowest BCUT2D eigenvalue weighted by Gasteiger charge is -2.33. The third-order valence-corrected chi connectivity index (χ3v) is 2.75. The summed E-state index contributed by atoms with van der Waals surface area (Å²) in [7, 11) is 2.13. The summed E-state index contributed by atoms with van der Waals surface area (Å²) in [5.74, 6) is 2.68. The van der Waals surface area contributed by atoms with Gasteiger partial charge in [0, 0.05) is 12.8 Å². The van der Waals surface area contributed by atoms with E-state index in [4.69, 9.17) is 11.5 Å². The lowest BCUT2D eigenvalue weighted by molar-refractivity contribution is -0.914. The monoisotopic (exact) mass is 154 g/mol. The fraction of sp³-hybridized carbons (Fsp3) is 0.778. The van der Waals surface area contributed by atoms with Gasteiger partial charge in [0.25, 0.3) is 0 Å². The number of likely N-dealkylation sites (N-methyl/N-ethyl adjacent to an activating group) is 1. The lowest BCUT2D eigenvalue weighted by Crippen LogP contribution is -2.49. The highest BCUT2D eigenvalue weighted by Gasteiger charge is 2.36. The van der Waals surface area contributed by atoms with Crippen molar-refractivity contribution in [3.63, 3.8) is 0 Å². The van der Waals surface area contributed by atoms with Gasteiger partial charge in [0.2, 0.25) is 0 Å². The molecule has 2 nitrogen and oxygen atoms in total. The Kier molecular flexibility index (Phi) is 2.53. The quantitative estimate of drug-likeness (QED) is 0.445. The van der Waals surface area contributed by atoms with E-state index < -0.39 is 0 Å². The van der Waals surface area contributed by atoms with E-state index >= 15 is 0 Å². The summed E-state index contributed by atoms with van der Waals surface area (Å²) >= 11 is 0. The molecule has 0 radical (unpaired) electrons. The molecule has 0 aromatic heterocycles. The van der Waals surface area contributed by atoms with Crippen molar-refractivity contribution in [2.75, 3.05) is 26.7 Å². The summed E-state index contributed by atoms with van der Waals surface area (Å²) in [4.78, 5) is 0. The van der Waals surface area contributed by atoms with Gasteiger partial charge in [-0.05, 0) is 5.92 Å². The third kappa shape index (κ3) is 1.55. The smallest absolute Gasteiger partial charge is 0.140 e. The lowest BCUT2D eigenvalue weighted by atomic mass is 10.2. The van der Waals surface area contributed by atoms with Crippen LogP contribution in [0.25, 0.3) is 0 Å². The predicted molar refractivity (Wildman–Crippen MR) is 44.9 cm³/mol. The molecule has 62 valence electrons. The molecule has 11 heavy (non-hydrogen) atoms. The van der Waals surface area contributed by atoms with Crippen LogP contribution < -0.4 is 0 Å². The van der Waals surface area contributed by atoms with Crippen molar-refractivity contribution in [1.29, 1.82) is 0 Å². The minimum Gasteiger partial charge on any atom is -0.390 e. The number of likely N-dealkylation sites (tertiary alicyclic amines) is 1. The minimum atomic E-state index is 0.276. The predicted octanol–water partition coefficient (Wildman–Crippen LogP) is 0.221. The van der Waals surface area contributed by atoms with Gasteiger partial charge in [-0.25, -0.2) is 0 Å². The van der Waals surface area contributed by atoms with Gasteiger partial charge in [-0.1, -0.05) is 0 Å². The first-order valence-electron chi connectivity index (χ1n) is 4.11. The summed E-state index contributed by atoms with van der Waals surface area (Å²) in [5, 5.41) is 9.04. The van der Waals surface area contributed by atoms with Gasteiger partial charge in [-0.15, -0.1) is 6.42 Å². The van der Waals surface area contributed by atoms with E-state index in [1.807, 2.05) is 0 Å². The van der Waals surface area contributed by atoms with Crippen molar-refractivity contribution in [3.8, 4) is 12.3 Å². The van der Waals surface area contributed by atoms with Gasteiger partial charge in [0.1, 0.15) is 12.6 Å². The Balaban J connectivity index is 2.60. The first kappa shape index (κ1) is 8.58. The number of hydrogen-bond acceptors (Lipinski definition) is 1. The summed E-state index contributed by atoms with van der Waals surface area (Å²) in [5.41, 5.74) is 0. The fourth-order valence-corrected chi connectivity index (χ4v) is 1.89. The van der Waals surface area contributed by atoms with E-state index in [2.05, 4.69) is 13.0 Å². The molecule has 1 rings (SSSR count). The Hall–Kier alpha value is -0.520. The molecule has 0 spiro atoms. The number of aliphatic hydroxyl groups is 1. The molecule has 2 heteroatoms. The normalized spacial score (nSPS) is 37.0. The molecule has 0 aromatic rings. The highest BCUT2D eigenvalue weighted by atomic mass is 16.3. The molecule has 0 aromatic carbocycles. The molecule has 1 N–H and O–H groups in total. The summed E-state index contributed by atoms with van der Waals surface area (Å²) in [6.45, 7) is 2.15. The van der Waals surface area contributed by atoms with Crippen LogP contribution in [0.5, 0.6) is 0 Å². The highest BCUT2D eigenvalue weighted by molar-refractivity contribution is 4.85. The Labute approximate surface area is 68.4 Å². The maximum absolute atomic E-state index is 9.04.